The van der Waals surface area contributed by atoms with Gasteiger partial charge in [0.25, 0.3) is 0 Å². The molecule has 0 saturated carbocycles. The Bertz CT molecular complexity index is 3080. The molecule has 0 amide bonds. The van der Waals surface area contributed by atoms with Crippen LogP contribution >= 0.6 is 22.7 Å². The van der Waals surface area contributed by atoms with E-state index in [2.05, 4.69) is 126 Å². The van der Waals surface area contributed by atoms with Crippen molar-refractivity contribution in [3.05, 3.63) is 158 Å². The van der Waals surface area contributed by atoms with Gasteiger partial charge in [-0.3, -0.25) is 0 Å². The van der Waals surface area contributed by atoms with Crippen molar-refractivity contribution < 1.29 is 0 Å². The second-order valence-electron chi connectivity index (χ2n) is 12.8. The highest BCUT2D eigenvalue weighted by atomic mass is 32.1. The molecular formula is C45H26N4S2. The number of hydrogen-bond donors (Lipinski definition) is 0. The van der Waals surface area contributed by atoms with Gasteiger partial charge >= 0.3 is 0 Å². The van der Waals surface area contributed by atoms with Crippen LogP contribution in [0.4, 0.5) is 0 Å². The molecule has 0 aliphatic heterocycles. The molecule has 0 unspecified atom stereocenters. The third-order valence-electron chi connectivity index (χ3n) is 9.84. The van der Waals surface area contributed by atoms with E-state index < -0.39 is 0 Å². The normalized spacial score (nSPS) is 11.9. The highest BCUT2D eigenvalue weighted by molar-refractivity contribution is 7.27. The first-order valence-electron chi connectivity index (χ1n) is 16.9. The van der Waals surface area contributed by atoms with Crippen LogP contribution in [0.5, 0.6) is 0 Å². The molecule has 0 atom stereocenters. The first kappa shape index (κ1) is 28.6. The molecule has 0 saturated heterocycles. The summed E-state index contributed by atoms with van der Waals surface area (Å²) < 4.78 is 7.46. The van der Waals surface area contributed by atoms with Crippen molar-refractivity contribution in [2.45, 2.75) is 0 Å². The summed E-state index contributed by atoms with van der Waals surface area (Å²) in [5.74, 6) is 1.97. The lowest BCUT2D eigenvalue weighted by Crippen LogP contribution is -2.01. The van der Waals surface area contributed by atoms with Crippen LogP contribution in [0, 0.1) is 0 Å². The van der Waals surface area contributed by atoms with Gasteiger partial charge in [0.2, 0.25) is 0 Å². The lowest BCUT2D eigenvalue weighted by atomic mass is 10.1. The fraction of sp³-hybridized carbons (Fsp3) is 0. The zero-order valence-electron chi connectivity index (χ0n) is 27.1. The Labute approximate surface area is 300 Å². The fourth-order valence-corrected chi connectivity index (χ4v) is 10.0. The minimum atomic E-state index is 0.656. The summed E-state index contributed by atoms with van der Waals surface area (Å²) in [6, 6.07) is 55.9. The predicted octanol–water partition coefficient (Wildman–Crippen LogP) is 12.7. The van der Waals surface area contributed by atoms with Crippen LogP contribution in [-0.4, -0.2) is 19.5 Å². The zero-order valence-corrected chi connectivity index (χ0v) is 28.7. The Kier molecular flexibility index (Phi) is 6.26. The van der Waals surface area contributed by atoms with Crippen LogP contribution < -0.4 is 0 Å². The first-order chi connectivity index (χ1) is 25.3. The van der Waals surface area contributed by atoms with E-state index in [1.807, 2.05) is 47.7 Å². The minimum Gasteiger partial charge on any atom is -0.309 e. The Balaban J connectivity index is 1.25. The lowest BCUT2D eigenvalue weighted by Gasteiger charge is -2.13. The molecule has 4 heterocycles. The van der Waals surface area contributed by atoms with Gasteiger partial charge in [-0.1, -0.05) is 121 Å². The molecule has 11 aromatic rings. The number of fused-ring (bicyclic) bond motifs is 10. The second kappa shape index (κ2) is 11.2. The van der Waals surface area contributed by atoms with Crippen LogP contribution in [0.3, 0.4) is 0 Å². The number of nitrogens with zero attached hydrogens (tertiary/aromatic N) is 4. The molecule has 11 rings (SSSR count). The largest absolute Gasteiger partial charge is 0.309 e. The number of hydrogen-bond acceptors (Lipinski definition) is 5. The zero-order chi connectivity index (χ0) is 33.5. The number of benzene rings is 7. The van der Waals surface area contributed by atoms with Crippen molar-refractivity contribution in [3.63, 3.8) is 0 Å². The molecule has 0 aliphatic rings. The Morgan fingerprint density at radius 2 is 0.941 bits per heavy atom. The molecule has 51 heavy (non-hydrogen) atoms. The summed E-state index contributed by atoms with van der Waals surface area (Å²) in [4.78, 5) is 15.4. The fourth-order valence-electron chi connectivity index (χ4n) is 7.55. The third kappa shape index (κ3) is 4.40. The molecule has 0 N–H and O–H groups in total. The summed E-state index contributed by atoms with van der Waals surface area (Å²) >= 11 is 3.68. The topological polar surface area (TPSA) is 43.6 Å². The van der Waals surface area contributed by atoms with Crippen molar-refractivity contribution in [2.75, 3.05) is 0 Å². The molecule has 7 aromatic carbocycles. The van der Waals surface area contributed by atoms with E-state index in [4.69, 9.17) is 15.0 Å². The van der Waals surface area contributed by atoms with E-state index in [0.29, 0.717) is 17.5 Å². The summed E-state index contributed by atoms with van der Waals surface area (Å²) in [5, 5.41) is 7.58. The average Bonchev–Trinajstić information content (AvgIpc) is 3.87. The van der Waals surface area contributed by atoms with Gasteiger partial charge in [-0.15, -0.1) is 22.7 Å². The third-order valence-corrected chi connectivity index (χ3v) is 12.3. The van der Waals surface area contributed by atoms with E-state index in [0.717, 1.165) is 27.1 Å². The van der Waals surface area contributed by atoms with E-state index >= 15 is 0 Å². The number of aromatic nitrogens is 4. The molecular weight excluding hydrogens is 661 g/mol. The number of rotatable bonds is 4. The van der Waals surface area contributed by atoms with Gasteiger partial charge in [-0.2, -0.15) is 0 Å². The monoisotopic (exact) mass is 686 g/mol. The maximum Gasteiger partial charge on any atom is 0.165 e. The maximum absolute atomic E-state index is 5.21. The van der Waals surface area contributed by atoms with E-state index in [-0.39, 0.29) is 0 Å². The van der Waals surface area contributed by atoms with Crippen LogP contribution in [-0.2, 0) is 0 Å². The summed E-state index contributed by atoms with van der Waals surface area (Å²) in [6.45, 7) is 0. The van der Waals surface area contributed by atoms with Crippen molar-refractivity contribution in [2.24, 2.45) is 0 Å². The van der Waals surface area contributed by atoms with Crippen molar-refractivity contribution in [3.8, 4) is 39.9 Å². The van der Waals surface area contributed by atoms with Gasteiger partial charge in [0.15, 0.2) is 17.5 Å². The molecule has 0 bridgehead atoms. The van der Waals surface area contributed by atoms with Gasteiger partial charge in [0, 0.05) is 73.5 Å². The van der Waals surface area contributed by atoms with Gasteiger partial charge < -0.3 is 4.57 Å². The van der Waals surface area contributed by atoms with Gasteiger partial charge in [-0.25, -0.2) is 15.0 Å². The van der Waals surface area contributed by atoms with E-state index in [9.17, 15) is 0 Å². The molecule has 4 aromatic heterocycles. The Morgan fingerprint density at radius 1 is 0.392 bits per heavy atom. The van der Waals surface area contributed by atoms with Crippen molar-refractivity contribution in [1.29, 1.82) is 0 Å². The molecule has 6 heteroatoms. The summed E-state index contributed by atoms with van der Waals surface area (Å²) in [6.07, 6.45) is 0. The standard InChI is InChI=1S/C45H26N4S2/c1-3-13-27(14-4-1)43-46-44(28-15-5-2-6-16-28)48-45(47-43)35-26-29(25-34-31-18-9-12-22-39(31)50-41(34)35)49-36-20-10-7-19-33(36)40-37(49)24-23-32-30-17-8-11-21-38(30)51-42(32)40/h1-26H. The SMILES string of the molecule is c1ccc(-c2nc(-c3ccccc3)nc(-c3cc(-n4c5ccccc5c5c6sc7ccccc7c6ccc54)cc4c3sc3ccccc34)n2)cc1. The van der Waals surface area contributed by atoms with E-state index in [1.54, 1.807) is 11.3 Å². The minimum absolute atomic E-state index is 0.656. The van der Waals surface area contributed by atoms with Gasteiger partial charge in [-0.05, 0) is 36.4 Å². The Hall–Kier alpha value is -6.21. The summed E-state index contributed by atoms with van der Waals surface area (Å²) in [5.41, 5.74) is 6.34. The van der Waals surface area contributed by atoms with Crippen molar-refractivity contribution in [1.82, 2.24) is 19.5 Å². The second-order valence-corrected chi connectivity index (χ2v) is 14.9. The number of thiophene rings is 2. The average molecular weight is 687 g/mol. The molecule has 4 nitrogen and oxygen atoms in total. The molecule has 238 valence electrons. The van der Waals surface area contributed by atoms with Gasteiger partial charge in [0.1, 0.15) is 0 Å². The van der Waals surface area contributed by atoms with Crippen LogP contribution in [0.1, 0.15) is 0 Å². The van der Waals surface area contributed by atoms with Crippen LogP contribution in [0.25, 0.3) is 102 Å². The number of para-hydroxylation sites is 1. The highest BCUT2D eigenvalue weighted by Crippen LogP contribution is 2.46. The van der Waals surface area contributed by atoms with Crippen LogP contribution in [0.15, 0.2) is 158 Å². The first-order valence-corrected chi connectivity index (χ1v) is 18.6. The smallest absolute Gasteiger partial charge is 0.165 e. The van der Waals surface area contributed by atoms with Crippen molar-refractivity contribution >= 4 is 84.8 Å². The quantitative estimate of drug-likeness (QED) is 0.185. The molecule has 0 fully saturated rings. The lowest BCUT2D eigenvalue weighted by molar-refractivity contribution is 1.07. The molecule has 0 aliphatic carbocycles. The molecule has 0 radical (unpaired) electrons. The van der Waals surface area contributed by atoms with E-state index in [1.165, 1.54) is 57.5 Å². The highest BCUT2D eigenvalue weighted by Gasteiger charge is 2.22. The Morgan fingerprint density at radius 3 is 1.63 bits per heavy atom. The predicted molar refractivity (Wildman–Crippen MR) is 216 cm³/mol. The van der Waals surface area contributed by atoms with Gasteiger partial charge in [0.05, 0.1) is 11.0 Å². The van der Waals surface area contributed by atoms with Crippen LogP contribution in [0.2, 0.25) is 0 Å². The maximum atomic E-state index is 5.21. The summed E-state index contributed by atoms with van der Waals surface area (Å²) in [7, 11) is 0. The molecule has 0 spiro atoms.